The molecule has 47 heavy (non-hydrogen) atoms. The number of anilines is 5. The number of hydrogen-bond donors (Lipinski definition) is 3. The lowest BCUT2D eigenvalue weighted by Crippen LogP contribution is -2.46. The van der Waals surface area contributed by atoms with Crippen LogP contribution in [0.5, 0.6) is 0 Å². The standard InChI is InChI=1S/C34H32F3N7O2S/c1-3-43-13-15-44(16-14-43)26-11-9-24(10-12-26)40-31-30-29(38-20-39-31)27(19-47-30)33(46)42-28-17-22(8-7-21(28)2)32(45)41-25-6-4-5-23(18-25)34(35,36)37/h4-12,17-20H,3,13-16H2,1-2H3,(H,41,45)(H,42,46)(H,38,39,40). The van der Waals surface area contributed by atoms with Gasteiger partial charge in [-0.15, -0.1) is 11.3 Å². The van der Waals surface area contributed by atoms with E-state index in [1.807, 2.05) is 12.1 Å². The Morgan fingerprint density at radius 1 is 0.894 bits per heavy atom. The molecule has 242 valence electrons. The molecule has 9 nitrogen and oxygen atoms in total. The topological polar surface area (TPSA) is 102 Å². The molecule has 13 heteroatoms. The summed E-state index contributed by atoms with van der Waals surface area (Å²) in [5, 5.41) is 10.4. The third-order valence-electron chi connectivity index (χ3n) is 8.11. The zero-order valence-corrected chi connectivity index (χ0v) is 26.5. The summed E-state index contributed by atoms with van der Waals surface area (Å²) < 4.78 is 40.0. The van der Waals surface area contributed by atoms with Gasteiger partial charge in [-0.2, -0.15) is 13.2 Å². The van der Waals surface area contributed by atoms with Crippen molar-refractivity contribution in [1.29, 1.82) is 0 Å². The van der Waals surface area contributed by atoms with Crippen molar-refractivity contribution in [2.75, 3.05) is 53.6 Å². The molecule has 6 rings (SSSR count). The number of carbonyl (C=O) groups is 2. The van der Waals surface area contributed by atoms with Crippen LogP contribution in [0.15, 0.2) is 78.4 Å². The molecule has 1 saturated heterocycles. The summed E-state index contributed by atoms with van der Waals surface area (Å²) in [6, 6.07) is 17.3. The molecule has 1 fully saturated rings. The van der Waals surface area contributed by atoms with Gasteiger partial charge in [-0.1, -0.05) is 19.1 Å². The summed E-state index contributed by atoms with van der Waals surface area (Å²) in [6.45, 7) is 9.10. The molecule has 0 atom stereocenters. The summed E-state index contributed by atoms with van der Waals surface area (Å²) in [7, 11) is 0. The van der Waals surface area contributed by atoms with Gasteiger partial charge < -0.3 is 25.8 Å². The highest BCUT2D eigenvalue weighted by Crippen LogP contribution is 2.33. The smallest absolute Gasteiger partial charge is 0.369 e. The van der Waals surface area contributed by atoms with Crippen molar-refractivity contribution >= 4 is 61.9 Å². The fraction of sp³-hybridized carbons (Fsp3) is 0.235. The lowest BCUT2D eigenvalue weighted by molar-refractivity contribution is -0.137. The summed E-state index contributed by atoms with van der Waals surface area (Å²) in [6.07, 6.45) is -3.13. The van der Waals surface area contributed by atoms with E-state index in [9.17, 15) is 22.8 Å². The quantitative estimate of drug-likeness (QED) is 0.160. The van der Waals surface area contributed by atoms with Crippen LogP contribution in [0.1, 0.15) is 38.8 Å². The Kier molecular flexibility index (Phi) is 9.10. The Morgan fingerprint density at radius 3 is 2.38 bits per heavy atom. The predicted molar refractivity (Wildman–Crippen MR) is 180 cm³/mol. The number of benzene rings is 3. The minimum Gasteiger partial charge on any atom is -0.369 e. The highest BCUT2D eigenvalue weighted by atomic mass is 32.1. The first-order chi connectivity index (χ1) is 22.6. The van der Waals surface area contributed by atoms with Gasteiger partial charge in [0.25, 0.3) is 11.8 Å². The molecule has 2 amide bonds. The van der Waals surface area contributed by atoms with Gasteiger partial charge in [0.05, 0.1) is 21.3 Å². The minimum atomic E-state index is -4.54. The van der Waals surface area contributed by atoms with E-state index in [0.717, 1.165) is 50.5 Å². The second-order valence-corrected chi connectivity index (χ2v) is 12.0. The molecule has 0 radical (unpaired) electrons. The third-order valence-corrected chi connectivity index (χ3v) is 9.08. The number of carbonyl (C=O) groups excluding carboxylic acids is 2. The molecular weight excluding hydrogens is 627 g/mol. The van der Waals surface area contributed by atoms with Gasteiger partial charge in [0.1, 0.15) is 6.33 Å². The predicted octanol–water partition coefficient (Wildman–Crippen LogP) is 7.41. The van der Waals surface area contributed by atoms with E-state index in [4.69, 9.17) is 0 Å². The number of piperazine rings is 1. The van der Waals surface area contributed by atoms with Gasteiger partial charge in [0, 0.05) is 59.9 Å². The SMILES string of the molecule is CCN1CCN(c2ccc(Nc3ncnc4c(C(=O)Nc5cc(C(=O)Nc6cccc(C(F)(F)F)c6)ccc5C)csc34)cc2)CC1. The van der Waals surface area contributed by atoms with Crippen LogP contribution in [0.2, 0.25) is 0 Å². The maximum Gasteiger partial charge on any atom is 0.416 e. The van der Waals surface area contributed by atoms with E-state index in [0.29, 0.717) is 32.8 Å². The van der Waals surface area contributed by atoms with Crippen LogP contribution in [0.25, 0.3) is 10.2 Å². The average Bonchev–Trinajstić information content (AvgIpc) is 3.51. The molecule has 0 saturated carbocycles. The molecule has 0 spiro atoms. The highest BCUT2D eigenvalue weighted by Gasteiger charge is 2.30. The minimum absolute atomic E-state index is 0.00577. The monoisotopic (exact) mass is 659 g/mol. The zero-order valence-electron chi connectivity index (χ0n) is 25.7. The molecule has 0 unspecified atom stereocenters. The van der Waals surface area contributed by atoms with Crippen molar-refractivity contribution in [3.63, 3.8) is 0 Å². The average molecular weight is 660 g/mol. The molecule has 5 aromatic rings. The van der Waals surface area contributed by atoms with Crippen LogP contribution in [0.3, 0.4) is 0 Å². The van der Waals surface area contributed by atoms with Crippen molar-refractivity contribution in [2.24, 2.45) is 0 Å². The number of nitrogens with zero attached hydrogens (tertiary/aromatic N) is 4. The van der Waals surface area contributed by atoms with E-state index >= 15 is 0 Å². The van der Waals surface area contributed by atoms with Gasteiger partial charge in [-0.3, -0.25) is 9.59 Å². The number of fused-ring (bicyclic) bond motifs is 1. The molecule has 3 heterocycles. The van der Waals surface area contributed by atoms with E-state index < -0.39 is 23.6 Å². The lowest BCUT2D eigenvalue weighted by Gasteiger charge is -2.35. The van der Waals surface area contributed by atoms with Crippen molar-refractivity contribution in [1.82, 2.24) is 14.9 Å². The number of aromatic nitrogens is 2. The number of aryl methyl sites for hydroxylation is 1. The van der Waals surface area contributed by atoms with Crippen molar-refractivity contribution in [3.8, 4) is 0 Å². The number of alkyl halides is 3. The molecule has 3 aromatic carbocycles. The molecule has 0 bridgehead atoms. The highest BCUT2D eigenvalue weighted by molar-refractivity contribution is 7.18. The molecule has 1 aliphatic heterocycles. The number of amides is 2. The Balaban J connectivity index is 1.15. The largest absolute Gasteiger partial charge is 0.416 e. The number of rotatable bonds is 8. The van der Waals surface area contributed by atoms with E-state index in [2.05, 4.69) is 54.8 Å². The van der Waals surface area contributed by atoms with Gasteiger partial charge in [-0.05, 0) is 73.6 Å². The number of hydrogen-bond acceptors (Lipinski definition) is 8. The maximum atomic E-state index is 13.4. The molecule has 3 N–H and O–H groups in total. The number of thiophene rings is 1. The number of nitrogens with one attached hydrogen (secondary N) is 3. The fourth-order valence-electron chi connectivity index (χ4n) is 5.38. The summed E-state index contributed by atoms with van der Waals surface area (Å²) >= 11 is 1.34. The van der Waals surface area contributed by atoms with Crippen LogP contribution in [-0.2, 0) is 6.18 Å². The second kappa shape index (κ2) is 13.4. The normalized spacial score (nSPS) is 13.9. The summed E-state index contributed by atoms with van der Waals surface area (Å²) in [5.41, 5.74) is 3.23. The summed E-state index contributed by atoms with van der Waals surface area (Å²) in [5.74, 6) is -0.462. The Bertz CT molecular complexity index is 1920. The Morgan fingerprint density at radius 2 is 1.66 bits per heavy atom. The van der Waals surface area contributed by atoms with Crippen LogP contribution < -0.4 is 20.9 Å². The number of halogens is 3. The van der Waals surface area contributed by atoms with Crippen molar-refractivity contribution in [3.05, 3.63) is 101 Å². The van der Waals surface area contributed by atoms with Crippen LogP contribution in [0, 0.1) is 6.92 Å². The Hall–Kier alpha value is -5.01. The van der Waals surface area contributed by atoms with Crippen molar-refractivity contribution in [2.45, 2.75) is 20.0 Å². The first-order valence-corrected chi connectivity index (χ1v) is 15.9. The molecule has 1 aliphatic rings. The lowest BCUT2D eigenvalue weighted by atomic mass is 10.1. The van der Waals surface area contributed by atoms with Gasteiger partial charge in [0.2, 0.25) is 0 Å². The molecular formula is C34H32F3N7O2S. The Labute approximate surface area is 273 Å². The van der Waals surface area contributed by atoms with E-state index in [1.54, 1.807) is 18.4 Å². The van der Waals surface area contributed by atoms with Crippen LogP contribution >= 0.6 is 11.3 Å². The van der Waals surface area contributed by atoms with E-state index in [-0.39, 0.29) is 11.3 Å². The van der Waals surface area contributed by atoms with Gasteiger partial charge >= 0.3 is 6.18 Å². The van der Waals surface area contributed by atoms with Gasteiger partial charge in [0.15, 0.2) is 5.82 Å². The maximum absolute atomic E-state index is 13.4. The zero-order chi connectivity index (χ0) is 33.1. The second-order valence-electron chi connectivity index (χ2n) is 11.2. The van der Waals surface area contributed by atoms with Crippen LogP contribution in [-0.4, -0.2) is 59.4 Å². The molecule has 2 aromatic heterocycles. The third kappa shape index (κ3) is 7.21. The van der Waals surface area contributed by atoms with Gasteiger partial charge in [-0.25, -0.2) is 9.97 Å². The first-order valence-electron chi connectivity index (χ1n) is 15.1. The van der Waals surface area contributed by atoms with Crippen molar-refractivity contribution < 1.29 is 22.8 Å². The fourth-order valence-corrected chi connectivity index (χ4v) is 6.32. The van der Waals surface area contributed by atoms with Crippen LogP contribution in [0.4, 0.5) is 41.7 Å². The summed E-state index contributed by atoms with van der Waals surface area (Å²) in [4.78, 5) is 40.0. The van der Waals surface area contributed by atoms with E-state index in [1.165, 1.54) is 47.6 Å². The number of likely N-dealkylation sites (N-methyl/N-ethyl adjacent to an activating group) is 1. The molecule has 0 aliphatic carbocycles. The first kappa shape index (κ1) is 32.0.